The van der Waals surface area contributed by atoms with Gasteiger partial charge in [-0.1, -0.05) is 18.2 Å². The topological polar surface area (TPSA) is 83.6 Å². The Balaban J connectivity index is 1.71. The van der Waals surface area contributed by atoms with Gasteiger partial charge in [0.25, 0.3) is 0 Å². The van der Waals surface area contributed by atoms with E-state index in [-0.39, 0.29) is 23.9 Å². The molecule has 3 atom stereocenters. The first-order valence-electron chi connectivity index (χ1n) is 9.96. The van der Waals surface area contributed by atoms with Crippen molar-refractivity contribution in [1.82, 2.24) is 20.5 Å². The molecule has 2 heterocycles. The maximum Gasteiger partial charge on any atom is 0.245 e. The van der Waals surface area contributed by atoms with Crippen LogP contribution < -0.4 is 15.4 Å². The maximum absolute atomic E-state index is 13.0. The Morgan fingerprint density at radius 1 is 1.17 bits per heavy atom. The van der Waals surface area contributed by atoms with Crippen LogP contribution in [0.5, 0.6) is 11.6 Å². The first kappa shape index (κ1) is 20.8. The average molecular weight is 396 g/mol. The third-order valence-corrected chi connectivity index (χ3v) is 5.20. The smallest absolute Gasteiger partial charge is 0.245 e. The van der Waals surface area contributed by atoms with Crippen LogP contribution in [0.25, 0.3) is 0 Å². The third kappa shape index (κ3) is 5.12. The first-order chi connectivity index (χ1) is 14.0. The summed E-state index contributed by atoms with van der Waals surface area (Å²) in [5, 5.41) is 5.68. The lowest BCUT2D eigenvalue weighted by Crippen LogP contribution is -2.51. The van der Waals surface area contributed by atoms with Crippen molar-refractivity contribution in [2.75, 3.05) is 13.6 Å². The van der Waals surface area contributed by atoms with Gasteiger partial charge in [-0.05, 0) is 57.5 Å². The number of benzene rings is 1. The molecular formula is C22H28N4O3. The molecule has 1 aliphatic heterocycles. The fraction of sp³-hybridized carbons (Fsp3) is 0.409. The van der Waals surface area contributed by atoms with Gasteiger partial charge in [0, 0.05) is 18.8 Å². The number of carbonyl (C=O) groups is 2. The van der Waals surface area contributed by atoms with Gasteiger partial charge in [0.1, 0.15) is 11.8 Å². The van der Waals surface area contributed by atoms with Crippen molar-refractivity contribution in [3.05, 3.63) is 54.2 Å². The molecule has 0 radical (unpaired) electrons. The number of nitrogens with zero attached hydrogens (tertiary/aromatic N) is 2. The summed E-state index contributed by atoms with van der Waals surface area (Å²) in [5.41, 5.74) is 0.985. The molecule has 0 aliphatic carbocycles. The number of aromatic nitrogens is 1. The Labute approximate surface area is 171 Å². The molecule has 7 heteroatoms. The van der Waals surface area contributed by atoms with Gasteiger partial charge < -0.3 is 20.3 Å². The van der Waals surface area contributed by atoms with Gasteiger partial charge in [0.2, 0.25) is 17.7 Å². The van der Waals surface area contributed by atoms with Crippen LogP contribution in [-0.2, 0) is 9.59 Å². The van der Waals surface area contributed by atoms with Crippen molar-refractivity contribution in [3.8, 4) is 11.6 Å². The second kappa shape index (κ2) is 9.52. The number of pyridine rings is 1. The van der Waals surface area contributed by atoms with Crippen LogP contribution in [0.1, 0.15) is 38.3 Å². The number of para-hydroxylation sites is 1. The van der Waals surface area contributed by atoms with E-state index in [1.54, 1.807) is 27.1 Å². The molecule has 0 bridgehead atoms. The average Bonchev–Trinajstić information content (AvgIpc) is 3.23. The van der Waals surface area contributed by atoms with Gasteiger partial charge in [0.05, 0.1) is 12.1 Å². The number of amides is 2. The quantitative estimate of drug-likeness (QED) is 0.752. The third-order valence-electron chi connectivity index (χ3n) is 5.20. The molecule has 1 fully saturated rings. The summed E-state index contributed by atoms with van der Waals surface area (Å²) < 4.78 is 5.83. The minimum atomic E-state index is -0.583. The zero-order valence-corrected chi connectivity index (χ0v) is 17.1. The normalized spacial score (nSPS) is 18.2. The van der Waals surface area contributed by atoms with Crippen LogP contribution in [0.3, 0.4) is 0 Å². The first-order valence-corrected chi connectivity index (χ1v) is 9.96. The molecule has 1 saturated heterocycles. The molecule has 154 valence electrons. The fourth-order valence-corrected chi connectivity index (χ4v) is 3.45. The Bertz CT molecular complexity index is 843. The molecule has 2 aromatic rings. The van der Waals surface area contributed by atoms with Gasteiger partial charge in [0.15, 0.2) is 0 Å². The molecular weight excluding hydrogens is 368 g/mol. The molecule has 1 aromatic carbocycles. The van der Waals surface area contributed by atoms with Crippen LogP contribution >= 0.6 is 0 Å². The summed E-state index contributed by atoms with van der Waals surface area (Å²) in [5.74, 6) is 0.946. The molecule has 0 saturated carbocycles. The zero-order chi connectivity index (χ0) is 20.8. The zero-order valence-electron chi connectivity index (χ0n) is 17.1. The van der Waals surface area contributed by atoms with Crippen LogP contribution in [0, 0.1) is 0 Å². The Kier molecular flexibility index (Phi) is 6.82. The highest BCUT2D eigenvalue weighted by molar-refractivity contribution is 5.89. The van der Waals surface area contributed by atoms with Crippen LogP contribution in [0.2, 0.25) is 0 Å². The standard InChI is InChI=1S/C22H28N4O3/c1-15(23-3)21(27)25-16(2)22(28)26-13-7-10-19(26)17-11-12-24-20(14-17)29-18-8-5-4-6-9-18/h4-6,8-9,11-12,14-16,19,23H,7,10,13H2,1-3H3,(H,25,27)/t15-,16-,19-/m0/s1. The number of likely N-dealkylation sites (tertiary alicyclic amines) is 1. The lowest BCUT2D eigenvalue weighted by molar-refractivity contribution is -0.137. The highest BCUT2D eigenvalue weighted by atomic mass is 16.5. The number of ether oxygens (including phenoxy) is 1. The summed E-state index contributed by atoms with van der Waals surface area (Å²) in [7, 11) is 1.71. The summed E-state index contributed by atoms with van der Waals surface area (Å²) in [4.78, 5) is 31.2. The summed E-state index contributed by atoms with van der Waals surface area (Å²) in [6.07, 6.45) is 3.49. The lowest BCUT2D eigenvalue weighted by Gasteiger charge is -2.28. The molecule has 2 N–H and O–H groups in total. The van der Waals surface area contributed by atoms with Crippen LogP contribution in [-0.4, -0.2) is 47.4 Å². The predicted molar refractivity (Wildman–Crippen MR) is 111 cm³/mol. The van der Waals surface area contributed by atoms with E-state index in [0.717, 1.165) is 18.4 Å². The minimum absolute atomic E-state index is 0.0512. The van der Waals surface area contributed by atoms with Gasteiger partial charge in [-0.2, -0.15) is 0 Å². The Hall–Kier alpha value is -2.93. The van der Waals surface area contributed by atoms with Crippen molar-refractivity contribution in [3.63, 3.8) is 0 Å². The number of likely N-dealkylation sites (N-methyl/N-ethyl adjacent to an activating group) is 1. The van der Waals surface area contributed by atoms with Crippen molar-refractivity contribution in [1.29, 1.82) is 0 Å². The predicted octanol–water partition coefficient (Wildman–Crippen LogP) is 2.65. The number of rotatable bonds is 7. The highest BCUT2D eigenvalue weighted by Crippen LogP contribution is 2.34. The van der Waals surface area contributed by atoms with Gasteiger partial charge in [-0.3, -0.25) is 9.59 Å². The van der Waals surface area contributed by atoms with Gasteiger partial charge in [-0.25, -0.2) is 4.98 Å². The molecule has 29 heavy (non-hydrogen) atoms. The summed E-state index contributed by atoms with van der Waals surface area (Å²) in [6.45, 7) is 4.16. The molecule has 2 amide bonds. The van der Waals surface area contributed by atoms with E-state index in [0.29, 0.717) is 18.2 Å². The second-order valence-electron chi connectivity index (χ2n) is 7.27. The molecule has 7 nitrogen and oxygen atoms in total. The SMILES string of the molecule is CN[C@@H](C)C(=O)N[C@@H](C)C(=O)N1CCC[C@H]1c1ccnc(Oc2ccccc2)c1. The van der Waals surface area contributed by atoms with Gasteiger partial charge >= 0.3 is 0 Å². The summed E-state index contributed by atoms with van der Waals surface area (Å²) >= 11 is 0. The highest BCUT2D eigenvalue weighted by Gasteiger charge is 2.33. The van der Waals surface area contributed by atoms with E-state index < -0.39 is 6.04 Å². The van der Waals surface area contributed by atoms with Crippen LogP contribution in [0.4, 0.5) is 0 Å². The number of nitrogens with one attached hydrogen (secondary N) is 2. The molecule has 1 aliphatic rings. The molecule has 3 rings (SSSR count). The molecule has 0 spiro atoms. The Morgan fingerprint density at radius 3 is 2.66 bits per heavy atom. The van der Waals surface area contributed by atoms with E-state index in [4.69, 9.17) is 4.74 Å². The molecule has 0 unspecified atom stereocenters. The monoisotopic (exact) mass is 396 g/mol. The second-order valence-corrected chi connectivity index (χ2v) is 7.27. The van der Waals surface area contributed by atoms with Crippen molar-refractivity contribution < 1.29 is 14.3 Å². The fourth-order valence-electron chi connectivity index (χ4n) is 3.45. The van der Waals surface area contributed by atoms with Crippen molar-refractivity contribution >= 4 is 11.8 Å². The number of carbonyl (C=O) groups excluding carboxylic acids is 2. The maximum atomic E-state index is 13.0. The largest absolute Gasteiger partial charge is 0.439 e. The van der Waals surface area contributed by atoms with Crippen molar-refractivity contribution in [2.45, 2.75) is 44.8 Å². The van der Waals surface area contributed by atoms with E-state index in [1.165, 1.54) is 0 Å². The van der Waals surface area contributed by atoms with E-state index in [1.807, 2.05) is 47.4 Å². The minimum Gasteiger partial charge on any atom is -0.439 e. The summed E-state index contributed by atoms with van der Waals surface area (Å²) in [6, 6.07) is 12.3. The van der Waals surface area contributed by atoms with Crippen LogP contribution in [0.15, 0.2) is 48.7 Å². The molecule has 1 aromatic heterocycles. The van der Waals surface area contributed by atoms with Gasteiger partial charge in [-0.15, -0.1) is 0 Å². The van der Waals surface area contributed by atoms with E-state index in [9.17, 15) is 9.59 Å². The van der Waals surface area contributed by atoms with E-state index in [2.05, 4.69) is 15.6 Å². The van der Waals surface area contributed by atoms with Crippen molar-refractivity contribution in [2.24, 2.45) is 0 Å². The number of hydrogen-bond acceptors (Lipinski definition) is 5. The van der Waals surface area contributed by atoms with E-state index >= 15 is 0 Å². The lowest BCUT2D eigenvalue weighted by atomic mass is 10.1. The Morgan fingerprint density at radius 2 is 1.93 bits per heavy atom. The number of hydrogen-bond donors (Lipinski definition) is 2.